The molecule has 1 amide bonds. The van der Waals surface area contributed by atoms with E-state index < -0.39 is 0 Å². The molecule has 2 heterocycles. The fraction of sp³-hybridized carbons (Fsp3) is 0.263. The van der Waals surface area contributed by atoms with Gasteiger partial charge >= 0.3 is 0 Å². The summed E-state index contributed by atoms with van der Waals surface area (Å²) in [6.45, 7) is 6.99. The number of carbonyl (C=O) groups excluding carboxylic acids is 1. The highest BCUT2D eigenvalue weighted by Crippen LogP contribution is 2.22. The maximum absolute atomic E-state index is 12.4. The first-order chi connectivity index (χ1) is 11.1. The molecule has 2 aromatic heterocycles. The molecule has 3 aromatic rings. The molecule has 23 heavy (non-hydrogen) atoms. The maximum Gasteiger partial charge on any atom is 0.228 e. The fourth-order valence-corrected chi connectivity index (χ4v) is 2.83. The van der Waals surface area contributed by atoms with Crippen LogP contribution in [0, 0.1) is 13.8 Å². The van der Waals surface area contributed by atoms with E-state index in [9.17, 15) is 4.79 Å². The summed E-state index contributed by atoms with van der Waals surface area (Å²) >= 11 is 0. The number of anilines is 1. The van der Waals surface area contributed by atoms with Crippen LogP contribution in [0.25, 0.3) is 11.0 Å². The van der Waals surface area contributed by atoms with E-state index in [2.05, 4.69) is 21.8 Å². The number of nitrogens with zero attached hydrogens (tertiary/aromatic N) is 2. The van der Waals surface area contributed by atoms with E-state index in [0.717, 1.165) is 34.4 Å². The van der Waals surface area contributed by atoms with Crippen molar-refractivity contribution in [3.63, 3.8) is 0 Å². The molecule has 0 saturated carbocycles. The Bertz CT molecular complexity index is 864. The number of aromatic nitrogens is 2. The summed E-state index contributed by atoms with van der Waals surface area (Å²) < 4.78 is 2.08. The van der Waals surface area contributed by atoms with E-state index in [-0.39, 0.29) is 5.91 Å². The van der Waals surface area contributed by atoms with Crippen molar-refractivity contribution in [1.82, 2.24) is 9.55 Å². The molecule has 4 heteroatoms. The van der Waals surface area contributed by atoms with Crippen LogP contribution in [0.5, 0.6) is 0 Å². The fourth-order valence-electron chi connectivity index (χ4n) is 2.83. The number of benzene rings is 1. The zero-order chi connectivity index (χ0) is 16.4. The standard InChI is InChI=1S/C19H21N3O/c1-4-22-12-15(16-8-6-10-20-19(16)22)11-18(23)21-17-9-5-7-13(2)14(17)3/h5-10,12H,4,11H2,1-3H3,(H,21,23). The third kappa shape index (κ3) is 2.97. The molecule has 1 N–H and O–H groups in total. The van der Waals surface area contributed by atoms with Crippen molar-refractivity contribution in [3.8, 4) is 0 Å². The Morgan fingerprint density at radius 1 is 1.22 bits per heavy atom. The molecule has 4 nitrogen and oxygen atoms in total. The molecule has 0 bridgehead atoms. The minimum atomic E-state index is -0.00212. The minimum absolute atomic E-state index is 0.00212. The molecule has 0 aliphatic heterocycles. The van der Waals surface area contributed by atoms with Crippen LogP contribution in [0.2, 0.25) is 0 Å². The van der Waals surface area contributed by atoms with Gasteiger partial charge in [-0.3, -0.25) is 4.79 Å². The Morgan fingerprint density at radius 2 is 2.04 bits per heavy atom. The average Bonchev–Trinajstić information content (AvgIpc) is 2.90. The maximum atomic E-state index is 12.4. The average molecular weight is 307 g/mol. The topological polar surface area (TPSA) is 46.9 Å². The second kappa shape index (κ2) is 6.24. The lowest BCUT2D eigenvalue weighted by molar-refractivity contribution is -0.115. The molecule has 0 radical (unpaired) electrons. The first-order valence-corrected chi connectivity index (χ1v) is 7.89. The summed E-state index contributed by atoms with van der Waals surface area (Å²) in [5, 5.41) is 4.07. The molecule has 0 aliphatic carbocycles. The van der Waals surface area contributed by atoms with Crippen molar-refractivity contribution in [3.05, 3.63) is 59.4 Å². The summed E-state index contributed by atoms with van der Waals surface area (Å²) in [4.78, 5) is 16.9. The van der Waals surface area contributed by atoms with Gasteiger partial charge in [0.05, 0.1) is 6.42 Å². The smallest absolute Gasteiger partial charge is 0.228 e. The van der Waals surface area contributed by atoms with Gasteiger partial charge in [-0.1, -0.05) is 12.1 Å². The molecular weight excluding hydrogens is 286 g/mol. The largest absolute Gasteiger partial charge is 0.332 e. The summed E-state index contributed by atoms with van der Waals surface area (Å²) in [6.07, 6.45) is 4.16. The van der Waals surface area contributed by atoms with Crippen molar-refractivity contribution >= 4 is 22.6 Å². The number of fused-ring (bicyclic) bond motifs is 1. The summed E-state index contributed by atoms with van der Waals surface area (Å²) in [7, 11) is 0. The molecule has 118 valence electrons. The quantitative estimate of drug-likeness (QED) is 0.795. The first kappa shape index (κ1) is 15.3. The Kier molecular flexibility index (Phi) is 4.15. The molecule has 0 saturated heterocycles. The second-order valence-corrected chi connectivity index (χ2v) is 5.79. The first-order valence-electron chi connectivity index (χ1n) is 7.89. The molecule has 0 spiro atoms. The van der Waals surface area contributed by atoms with Crippen LogP contribution >= 0.6 is 0 Å². The van der Waals surface area contributed by atoms with Gasteiger partial charge in [-0.15, -0.1) is 0 Å². The Morgan fingerprint density at radius 3 is 2.83 bits per heavy atom. The summed E-state index contributed by atoms with van der Waals surface area (Å²) in [6, 6.07) is 9.89. The van der Waals surface area contributed by atoms with E-state index in [1.807, 2.05) is 50.4 Å². The minimum Gasteiger partial charge on any atom is -0.332 e. The SMILES string of the molecule is CCn1cc(CC(=O)Nc2cccc(C)c2C)c2cccnc21. The van der Waals surface area contributed by atoms with Crippen molar-refractivity contribution in [2.24, 2.45) is 0 Å². The third-order valence-corrected chi connectivity index (χ3v) is 4.29. The van der Waals surface area contributed by atoms with Crippen LogP contribution in [0.4, 0.5) is 5.69 Å². The normalized spacial score (nSPS) is 10.9. The molecular formula is C19H21N3O. The van der Waals surface area contributed by atoms with Crippen LogP contribution < -0.4 is 5.32 Å². The van der Waals surface area contributed by atoms with Gasteiger partial charge in [0.1, 0.15) is 5.65 Å². The number of pyridine rings is 1. The highest BCUT2D eigenvalue weighted by molar-refractivity contribution is 5.96. The van der Waals surface area contributed by atoms with Crippen LogP contribution in [0.15, 0.2) is 42.7 Å². The number of nitrogens with one attached hydrogen (secondary N) is 1. The highest BCUT2D eigenvalue weighted by atomic mass is 16.1. The third-order valence-electron chi connectivity index (χ3n) is 4.29. The number of aryl methyl sites for hydroxylation is 2. The monoisotopic (exact) mass is 307 g/mol. The van der Waals surface area contributed by atoms with Gasteiger partial charge in [0.25, 0.3) is 0 Å². The lowest BCUT2D eigenvalue weighted by atomic mass is 10.1. The van der Waals surface area contributed by atoms with Crippen molar-refractivity contribution in [1.29, 1.82) is 0 Å². The summed E-state index contributed by atoms with van der Waals surface area (Å²) in [5.74, 6) is -0.00212. The van der Waals surface area contributed by atoms with Crippen LogP contribution in [0.1, 0.15) is 23.6 Å². The molecule has 0 fully saturated rings. The molecule has 0 atom stereocenters. The molecule has 0 aliphatic rings. The Hall–Kier alpha value is -2.62. The Labute approximate surface area is 136 Å². The van der Waals surface area contributed by atoms with Crippen molar-refractivity contribution < 1.29 is 4.79 Å². The second-order valence-electron chi connectivity index (χ2n) is 5.79. The van der Waals surface area contributed by atoms with Crippen molar-refractivity contribution in [2.75, 3.05) is 5.32 Å². The summed E-state index contributed by atoms with van der Waals surface area (Å²) in [5.41, 5.74) is 5.11. The number of carbonyl (C=O) groups is 1. The van der Waals surface area contributed by atoms with E-state index in [1.54, 1.807) is 6.20 Å². The van der Waals surface area contributed by atoms with Crippen molar-refractivity contribution in [2.45, 2.75) is 33.7 Å². The van der Waals surface area contributed by atoms with Gasteiger partial charge in [-0.05, 0) is 55.7 Å². The van der Waals surface area contributed by atoms with Crippen LogP contribution in [-0.2, 0) is 17.8 Å². The van der Waals surface area contributed by atoms with Gasteiger partial charge in [-0.25, -0.2) is 4.98 Å². The highest BCUT2D eigenvalue weighted by Gasteiger charge is 2.13. The lowest BCUT2D eigenvalue weighted by Gasteiger charge is -2.10. The molecule has 3 rings (SSSR count). The predicted molar refractivity (Wildman–Crippen MR) is 93.7 cm³/mol. The van der Waals surface area contributed by atoms with E-state index in [0.29, 0.717) is 6.42 Å². The zero-order valence-corrected chi connectivity index (χ0v) is 13.8. The number of hydrogen-bond acceptors (Lipinski definition) is 2. The van der Waals surface area contributed by atoms with Crippen LogP contribution in [0.3, 0.4) is 0 Å². The number of hydrogen-bond donors (Lipinski definition) is 1. The Balaban J connectivity index is 1.85. The molecule has 0 unspecified atom stereocenters. The van der Waals surface area contributed by atoms with Crippen LogP contribution in [-0.4, -0.2) is 15.5 Å². The van der Waals surface area contributed by atoms with Gasteiger partial charge in [-0.2, -0.15) is 0 Å². The molecule has 1 aromatic carbocycles. The van der Waals surface area contributed by atoms with E-state index in [1.165, 1.54) is 5.56 Å². The van der Waals surface area contributed by atoms with Gasteiger partial charge in [0.15, 0.2) is 0 Å². The zero-order valence-electron chi connectivity index (χ0n) is 13.8. The van der Waals surface area contributed by atoms with Gasteiger partial charge < -0.3 is 9.88 Å². The van der Waals surface area contributed by atoms with Gasteiger partial charge in [0, 0.05) is 30.0 Å². The predicted octanol–water partition coefficient (Wildman–Crippen LogP) is 3.85. The van der Waals surface area contributed by atoms with E-state index >= 15 is 0 Å². The number of amides is 1. The number of rotatable bonds is 4. The van der Waals surface area contributed by atoms with E-state index in [4.69, 9.17) is 0 Å². The van der Waals surface area contributed by atoms with Gasteiger partial charge in [0.2, 0.25) is 5.91 Å². The lowest BCUT2D eigenvalue weighted by Crippen LogP contribution is -2.15.